The Bertz CT molecular complexity index is 1480. The van der Waals surface area contributed by atoms with Crippen LogP contribution in [0.4, 0.5) is 0 Å². The van der Waals surface area contributed by atoms with E-state index in [4.69, 9.17) is 41.9 Å². The van der Waals surface area contributed by atoms with Crippen LogP contribution in [0.1, 0.15) is 76.6 Å². The van der Waals surface area contributed by atoms with Gasteiger partial charge in [0.2, 0.25) is 0 Å². The molecule has 6 nitrogen and oxygen atoms in total. The Morgan fingerprint density at radius 3 is 2.31 bits per heavy atom. The molecule has 1 aliphatic heterocycles. The number of benzene rings is 3. The minimum atomic E-state index is -0.348. The molecule has 39 heavy (non-hydrogen) atoms. The van der Waals surface area contributed by atoms with Gasteiger partial charge in [-0.2, -0.15) is 0 Å². The van der Waals surface area contributed by atoms with Gasteiger partial charge in [-0.3, -0.25) is 0 Å². The Morgan fingerprint density at radius 2 is 1.62 bits per heavy atom. The fourth-order valence-corrected chi connectivity index (χ4v) is 5.67. The van der Waals surface area contributed by atoms with Crippen molar-refractivity contribution < 1.29 is 23.5 Å². The smallest absolute Gasteiger partial charge is 0.337 e. The highest BCUT2D eigenvalue weighted by atomic mass is 35.5. The molecule has 8 heteroatoms. The van der Waals surface area contributed by atoms with Crippen LogP contribution in [0.5, 0.6) is 5.75 Å². The second-order valence-electron chi connectivity index (χ2n) is 9.91. The molecule has 1 saturated heterocycles. The number of aromatic nitrogens is 1. The Balaban J connectivity index is 1.14. The molecular weight excluding hydrogens is 537 g/mol. The van der Waals surface area contributed by atoms with Crippen LogP contribution in [0.3, 0.4) is 0 Å². The minimum absolute atomic E-state index is 0.0284. The lowest BCUT2D eigenvalue weighted by Gasteiger charge is -2.15. The van der Waals surface area contributed by atoms with Crippen LogP contribution in [0.15, 0.2) is 71.3 Å². The number of halogens is 2. The third-order valence-corrected chi connectivity index (χ3v) is 7.93. The Labute approximate surface area is 236 Å². The molecule has 200 valence electrons. The fourth-order valence-electron chi connectivity index (χ4n) is 5.09. The van der Waals surface area contributed by atoms with Crippen LogP contribution >= 0.6 is 23.2 Å². The number of rotatable bonds is 8. The van der Waals surface area contributed by atoms with E-state index in [9.17, 15) is 4.79 Å². The van der Waals surface area contributed by atoms with Crippen molar-refractivity contribution in [1.82, 2.24) is 5.16 Å². The summed E-state index contributed by atoms with van der Waals surface area (Å²) in [6, 6.07) is 20.8. The predicted molar refractivity (Wildman–Crippen MR) is 148 cm³/mol. The summed E-state index contributed by atoms with van der Waals surface area (Å²) < 4.78 is 23.1. The van der Waals surface area contributed by atoms with E-state index in [1.54, 1.807) is 18.2 Å². The average Bonchev–Trinajstić information content (AvgIpc) is 3.53. The highest BCUT2D eigenvalue weighted by molar-refractivity contribution is 6.39. The van der Waals surface area contributed by atoms with Gasteiger partial charge in [0.05, 0.1) is 40.5 Å². The molecule has 3 aromatic carbocycles. The van der Waals surface area contributed by atoms with Gasteiger partial charge in [0.15, 0.2) is 0 Å². The topological polar surface area (TPSA) is 70.8 Å². The van der Waals surface area contributed by atoms with E-state index in [1.165, 1.54) is 7.11 Å². The third kappa shape index (κ3) is 5.42. The minimum Gasteiger partial charge on any atom is -0.489 e. The first-order chi connectivity index (χ1) is 19.0. The Hall–Kier alpha value is -3.32. The second kappa shape index (κ2) is 11.0. The first-order valence-corrected chi connectivity index (χ1v) is 13.8. The predicted octanol–water partition coefficient (Wildman–Crippen LogP) is 8.48. The van der Waals surface area contributed by atoms with E-state index >= 15 is 0 Å². The van der Waals surface area contributed by atoms with Crippen LogP contribution in [0, 0.1) is 0 Å². The molecule has 0 amide bonds. The number of esters is 1. The Morgan fingerprint density at radius 1 is 0.923 bits per heavy atom. The van der Waals surface area contributed by atoms with Crippen LogP contribution in [0.25, 0.3) is 11.3 Å². The molecule has 0 spiro atoms. The first-order valence-electron chi connectivity index (χ1n) is 13.0. The van der Waals surface area contributed by atoms with Gasteiger partial charge >= 0.3 is 5.97 Å². The normalized spacial score (nSPS) is 18.7. The van der Waals surface area contributed by atoms with E-state index in [1.807, 2.05) is 48.5 Å². The number of nitrogens with zero attached hydrogens (tertiary/aromatic N) is 1. The summed E-state index contributed by atoms with van der Waals surface area (Å²) >= 11 is 13.0. The summed E-state index contributed by atoms with van der Waals surface area (Å²) in [5, 5.41) is 5.38. The summed E-state index contributed by atoms with van der Waals surface area (Å²) in [6.45, 7) is 0.296. The lowest BCUT2D eigenvalue weighted by Crippen LogP contribution is -2.04. The van der Waals surface area contributed by atoms with Crippen LogP contribution in [-0.4, -0.2) is 18.2 Å². The highest BCUT2D eigenvalue weighted by Crippen LogP contribution is 2.46. The van der Waals surface area contributed by atoms with Crippen molar-refractivity contribution in [3.8, 4) is 17.0 Å². The number of methoxy groups -OCH3 is 1. The molecule has 0 radical (unpaired) electrons. The van der Waals surface area contributed by atoms with Gasteiger partial charge in [-0.25, -0.2) is 4.79 Å². The number of hydrogen-bond acceptors (Lipinski definition) is 6. The lowest BCUT2D eigenvalue weighted by atomic mass is 10.0. The van der Waals surface area contributed by atoms with Crippen molar-refractivity contribution in [2.45, 2.75) is 50.4 Å². The molecule has 0 bridgehead atoms. The zero-order chi connectivity index (χ0) is 26.9. The van der Waals surface area contributed by atoms with E-state index in [2.05, 4.69) is 5.16 Å². The van der Waals surface area contributed by atoms with Crippen molar-refractivity contribution in [3.63, 3.8) is 0 Å². The number of carbonyl (C=O) groups excluding carboxylic acids is 1. The highest BCUT2D eigenvalue weighted by Gasteiger charge is 2.34. The summed E-state index contributed by atoms with van der Waals surface area (Å²) in [4.78, 5) is 11.9. The number of hydrogen-bond donors (Lipinski definition) is 0. The molecule has 2 heterocycles. The van der Waals surface area contributed by atoms with Gasteiger partial charge in [0, 0.05) is 11.5 Å². The SMILES string of the molecule is COC(=O)c1cccc([C@H]2CC[C@H](c3ccc(OCc4c(-c5c(Cl)cccc5Cl)noc4C4CC4)cc3)O2)c1. The van der Waals surface area contributed by atoms with E-state index in [-0.39, 0.29) is 18.2 Å². The van der Waals surface area contributed by atoms with Crippen molar-refractivity contribution in [2.75, 3.05) is 7.11 Å². The summed E-state index contributed by atoms with van der Waals surface area (Å²) in [5.41, 5.74) is 4.77. The van der Waals surface area contributed by atoms with Gasteiger partial charge in [-0.05, 0) is 73.2 Å². The molecule has 1 aliphatic carbocycles. The number of carbonyl (C=O) groups is 1. The zero-order valence-electron chi connectivity index (χ0n) is 21.4. The monoisotopic (exact) mass is 563 g/mol. The average molecular weight is 564 g/mol. The molecule has 0 unspecified atom stereocenters. The van der Waals surface area contributed by atoms with Crippen molar-refractivity contribution in [3.05, 3.63) is 105 Å². The van der Waals surface area contributed by atoms with Crippen LogP contribution in [-0.2, 0) is 16.1 Å². The molecule has 2 aliphatic rings. The molecule has 4 aromatic rings. The summed E-state index contributed by atoms with van der Waals surface area (Å²) in [6.07, 6.45) is 3.81. The number of ether oxygens (including phenoxy) is 3. The quantitative estimate of drug-likeness (QED) is 0.200. The van der Waals surface area contributed by atoms with Crippen molar-refractivity contribution in [2.24, 2.45) is 0 Å². The van der Waals surface area contributed by atoms with E-state index in [0.29, 0.717) is 39.4 Å². The maximum atomic E-state index is 11.9. The van der Waals surface area contributed by atoms with Crippen molar-refractivity contribution in [1.29, 1.82) is 0 Å². The first kappa shape index (κ1) is 25.9. The second-order valence-corrected chi connectivity index (χ2v) is 10.7. The zero-order valence-corrected chi connectivity index (χ0v) is 22.9. The fraction of sp³-hybridized carbons (Fsp3) is 0.290. The maximum Gasteiger partial charge on any atom is 0.337 e. The van der Waals surface area contributed by atoms with Crippen LogP contribution in [0.2, 0.25) is 10.0 Å². The van der Waals surface area contributed by atoms with Gasteiger partial charge in [-0.15, -0.1) is 0 Å². The molecule has 6 rings (SSSR count). The van der Waals surface area contributed by atoms with E-state index in [0.717, 1.165) is 53.9 Å². The molecular formula is C31H27Cl2NO5. The Kier molecular flexibility index (Phi) is 7.34. The maximum absolute atomic E-state index is 11.9. The summed E-state index contributed by atoms with van der Waals surface area (Å²) in [7, 11) is 1.38. The van der Waals surface area contributed by atoms with Gasteiger partial charge in [0.1, 0.15) is 23.8 Å². The van der Waals surface area contributed by atoms with Crippen molar-refractivity contribution >= 4 is 29.2 Å². The molecule has 0 N–H and O–H groups in total. The van der Waals surface area contributed by atoms with Gasteiger partial charge < -0.3 is 18.7 Å². The van der Waals surface area contributed by atoms with Gasteiger partial charge in [0.25, 0.3) is 0 Å². The van der Waals surface area contributed by atoms with E-state index < -0.39 is 0 Å². The largest absolute Gasteiger partial charge is 0.489 e. The molecule has 1 saturated carbocycles. The molecule has 2 fully saturated rings. The molecule has 2 atom stereocenters. The van der Waals surface area contributed by atoms with Gasteiger partial charge in [-0.1, -0.05) is 58.7 Å². The standard InChI is InChI=1S/C31H27Cl2NO5/c1-36-31(35)21-5-2-4-20(16-21)27-15-14-26(38-27)18-10-12-22(13-11-18)37-17-23-29(34-39-30(23)19-8-9-19)28-24(32)6-3-7-25(28)33/h2-7,10-13,16,19,26-27H,8-9,14-15,17H2,1H3/t26-,27-/m1/s1. The summed E-state index contributed by atoms with van der Waals surface area (Å²) in [5.74, 6) is 1.59. The lowest BCUT2D eigenvalue weighted by molar-refractivity contribution is 0.0439. The van der Waals surface area contributed by atoms with Crippen LogP contribution < -0.4 is 4.74 Å². The molecule has 1 aromatic heterocycles. The third-order valence-electron chi connectivity index (χ3n) is 7.30.